The maximum atomic E-state index is 12.9. The van der Waals surface area contributed by atoms with Crippen molar-refractivity contribution in [2.45, 2.75) is 157 Å². The smallest absolute Gasteiger partial charge is 0.336 e. The van der Waals surface area contributed by atoms with Gasteiger partial charge in [-0.25, -0.2) is 9.59 Å². The summed E-state index contributed by atoms with van der Waals surface area (Å²) < 4.78 is 16.5. The van der Waals surface area contributed by atoms with E-state index in [9.17, 15) is 24.6 Å². The molecule has 1 aliphatic heterocycles. The Kier molecular flexibility index (Phi) is 28.7. The van der Waals surface area contributed by atoms with Crippen LogP contribution in [0.25, 0.3) is 0 Å². The van der Waals surface area contributed by atoms with Crippen molar-refractivity contribution in [1.82, 2.24) is 0 Å². The van der Waals surface area contributed by atoms with Crippen LogP contribution in [-0.2, 0) is 28.6 Å². The molecule has 1 saturated heterocycles. The van der Waals surface area contributed by atoms with Crippen LogP contribution in [0.4, 0.5) is 0 Å². The Balaban J connectivity index is 2.56. The number of allylic oxidation sites excluding steroid dienone is 20. The largest absolute Gasteiger partial charge is 0.478 e. The molecule has 0 radical (unpaired) electrons. The van der Waals surface area contributed by atoms with E-state index < -0.39 is 42.5 Å². The number of carbonyl (C=O) groups excluding carboxylic acids is 2. The lowest BCUT2D eigenvalue weighted by Crippen LogP contribution is -2.56. The number of rotatable bonds is 27. The molecule has 0 aromatic rings. The summed E-state index contributed by atoms with van der Waals surface area (Å²) >= 11 is 0. The number of hydrogen-bond acceptors (Lipinski definition) is 8. The van der Waals surface area contributed by atoms with E-state index in [4.69, 9.17) is 19.3 Å². The van der Waals surface area contributed by atoms with Crippen molar-refractivity contribution in [3.63, 3.8) is 0 Å². The SMILES string of the molecule is CC(/C=C/C=C(C)/C=C/C=C(\C)C(=O)O)=C\C=C\C=C(C)\C=C\C=C(C)\C=C\C=C(/C)C(=O)O[C@@H]1OC[C@@H](O)[C@H](O)[C@H]1OC(=O)CCCCCCCCCCCCC(C)C. The minimum absolute atomic E-state index is 0.169. The number of carboxylic acids is 1. The molecule has 0 aromatic heterocycles. The van der Waals surface area contributed by atoms with Gasteiger partial charge in [-0.15, -0.1) is 0 Å². The molecule has 1 aliphatic rings. The molecule has 0 aromatic carbocycles. The molecule has 332 valence electrons. The lowest BCUT2D eigenvalue weighted by atomic mass is 10.0. The number of carboxylic acid groups (broad SMARTS) is 1. The van der Waals surface area contributed by atoms with E-state index >= 15 is 0 Å². The Morgan fingerprint density at radius 1 is 0.583 bits per heavy atom. The van der Waals surface area contributed by atoms with Crippen LogP contribution >= 0.6 is 0 Å². The first-order valence-corrected chi connectivity index (χ1v) is 21.6. The molecule has 0 aliphatic carbocycles. The quantitative estimate of drug-likeness (QED) is 0.0319. The molecule has 1 heterocycles. The Bertz CT molecular complexity index is 1660. The zero-order valence-corrected chi connectivity index (χ0v) is 37.6. The highest BCUT2D eigenvalue weighted by Crippen LogP contribution is 2.22. The predicted octanol–water partition coefficient (Wildman–Crippen LogP) is 11.4. The molecule has 0 amide bonds. The fourth-order valence-electron chi connectivity index (χ4n) is 5.81. The summed E-state index contributed by atoms with van der Waals surface area (Å²) in [5.41, 5.74) is 4.65. The molecular formula is C51H74O9. The van der Waals surface area contributed by atoms with Crippen molar-refractivity contribution in [1.29, 1.82) is 0 Å². The summed E-state index contributed by atoms with van der Waals surface area (Å²) in [6, 6.07) is 0. The maximum Gasteiger partial charge on any atom is 0.336 e. The number of hydrogen-bond donors (Lipinski definition) is 3. The van der Waals surface area contributed by atoms with Gasteiger partial charge in [-0.1, -0.05) is 198 Å². The van der Waals surface area contributed by atoms with Gasteiger partial charge >= 0.3 is 17.9 Å². The predicted molar refractivity (Wildman–Crippen MR) is 244 cm³/mol. The highest BCUT2D eigenvalue weighted by atomic mass is 16.7. The third kappa shape index (κ3) is 26.5. The highest BCUT2D eigenvalue weighted by molar-refractivity contribution is 5.88. The van der Waals surface area contributed by atoms with Gasteiger partial charge in [0, 0.05) is 17.6 Å². The van der Waals surface area contributed by atoms with Crippen LogP contribution in [0.2, 0.25) is 0 Å². The van der Waals surface area contributed by atoms with Crippen LogP contribution < -0.4 is 0 Å². The average molecular weight is 831 g/mol. The topological polar surface area (TPSA) is 140 Å². The van der Waals surface area contributed by atoms with E-state index in [2.05, 4.69) is 13.8 Å². The Hall–Kier alpha value is -4.57. The minimum Gasteiger partial charge on any atom is -0.478 e. The summed E-state index contributed by atoms with van der Waals surface area (Å²) in [5, 5.41) is 29.7. The Morgan fingerprint density at radius 2 is 1.00 bits per heavy atom. The fraction of sp³-hybridized carbons (Fsp3) is 0.510. The van der Waals surface area contributed by atoms with Gasteiger partial charge in [0.1, 0.15) is 12.2 Å². The van der Waals surface area contributed by atoms with Crippen molar-refractivity contribution < 1.29 is 43.9 Å². The van der Waals surface area contributed by atoms with Crippen molar-refractivity contribution in [3.05, 3.63) is 131 Å². The molecule has 1 rings (SSSR count). The molecular weight excluding hydrogens is 757 g/mol. The number of carbonyl (C=O) groups is 3. The second-order valence-corrected chi connectivity index (χ2v) is 16.1. The zero-order valence-electron chi connectivity index (χ0n) is 37.6. The standard InChI is InChI=1S/C51H74O9/c1-38(2)25-17-15-13-11-9-10-12-14-16-18-36-46(53)59-48-47(54)45(52)37-58-51(48)60-50(57)44(8)35-24-33-42(6)31-22-29-40(4)27-20-19-26-39(3)28-21-30-41(5)32-23-34-43(7)49(55)56/h19-24,26-35,38,45,47-48,51-52,54H,9-18,25,36-37H2,1-8H3,(H,55,56)/b20-19+,28-21+,29-22+,32-23+,33-24+,39-26+,40-27+,41-30+,42-31+,43-34+,44-35+/t45-,47+,48-,51+/m1/s1. The molecule has 1 fully saturated rings. The van der Waals surface area contributed by atoms with E-state index in [1.807, 2.05) is 101 Å². The van der Waals surface area contributed by atoms with Gasteiger partial charge in [0.2, 0.25) is 6.29 Å². The number of aliphatic carboxylic acids is 1. The number of ether oxygens (including phenoxy) is 3. The molecule has 9 heteroatoms. The normalized spacial score (nSPS) is 20.5. The molecule has 3 N–H and O–H groups in total. The number of aliphatic hydroxyl groups is 2. The Labute approximate surface area is 361 Å². The van der Waals surface area contributed by atoms with Gasteiger partial charge < -0.3 is 29.5 Å². The summed E-state index contributed by atoms with van der Waals surface area (Å²) in [4.78, 5) is 36.4. The molecule has 0 unspecified atom stereocenters. The maximum absolute atomic E-state index is 12.9. The van der Waals surface area contributed by atoms with Crippen LogP contribution in [0, 0.1) is 5.92 Å². The minimum atomic E-state index is -1.45. The van der Waals surface area contributed by atoms with Crippen LogP contribution in [0.1, 0.15) is 132 Å². The lowest BCUT2D eigenvalue weighted by molar-refractivity contribution is -0.267. The number of aliphatic hydroxyl groups excluding tert-OH is 2. The molecule has 60 heavy (non-hydrogen) atoms. The van der Waals surface area contributed by atoms with E-state index in [-0.39, 0.29) is 24.2 Å². The van der Waals surface area contributed by atoms with Crippen LogP contribution in [0.5, 0.6) is 0 Å². The second-order valence-electron chi connectivity index (χ2n) is 16.1. The van der Waals surface area contributed by atoms with Gasteiger partial charge in [-0.05, 0) is 53.9 Å². The monoisotopic (exact) mass is 831 g/mol. The second kappa shape index (κ2) is 32.2. The van der Waals surface area contributed by atoms with Crippen molar-refractivity contribution in [2.75, 3.05) is 6.61 Å². The summed E-state index contributed by atoms with van der Waals surface area (Å²) in [5.74, 6) is -1.37. The molecule has 0 bridgehead atoms. The van der Waals surface area contributed by atoms with Crippen molar-refractivity contribution in [2.24, 2.45) is 5.92 Å². The lowest BCUT2D eigenvalue weighted by Gasteiger charge is -2.36. The van der Waals surface area contributed by atoms with Crippen molar-refractivity contribution >= 4 is 17.9 Å². The van der Waals surface area contributed by atoms with Gasteiger partial charge in [-0.2, -0.15) is 0 Å². The molecule has 4 atom stereocenters. The van der Waals surface area contributed by atoms with E-state index in [0.717, 1.165) is 47.5 Å². The summed E-state index contributed by atoms with van der Waals surface area (Å²) in [6.07, 6.45) is 37.6. The Morgan fingerprint density at radius 3 is 1.47 bits per heavy atom. The van der Waals surface area contributed by atoms with Gasteiger partial charge in [0.25, 0.3) is 0 Å². The number of unbranched alkanes of at least 4 members (excludes halogenated alkanes) is 9. The third-order valence-electron chi connectivity index (χ3n) is 9.67. The van der Waals surface area contributed by atoms with Gasteiger partial charge in [0.15, 0.2) is 6.10 Å². The molecule has 0 spiro atoms. The number of esters is 2. The summed E-state index contributed by atoms with van der Waals surface area (Å²) in [6.45, 7) is 15.3. The van der Waals surface area contributed by atoms with Crippen LogP contribution in [-0.4, -0.2) is 64.4 Å². The van der Waals surface area contributed by atoms with Crippen LogP contribution in [0.15, 0.2) is 131 Å². The van der Waals surface area contributed by atoms with E-state index in [1.54, 1.807) is 38.2 Å². The average Bonchev–Trinajstić information content (AvgIpc) is 3.19. The third-order valence-corrected chi connectivity index (χ3v) is 9.67. The van der Waals surface area contributed by atoms with Crippen molar-refractivity contribution in [3.8, 4) is 0 Å². The first-order chi connectivity index (χ1) is 28.6. The summed E-state index contributed by atoms with van der Waals surface area (Å²) in [7, 11) is 0. The van der Waals surface area contributed by atoms with Gasteiger partial charge in [0.05, 0.1) is 6.61 Å². The van der Waals surface area contributed by atoms with Crippen LogP contribution in [0.3, 0.4) is 0 Å². The fourth-order valence-corrected chi connectivity index (χ4v) is 5.81. The highest BCUT2D eigenvalue weighted by Gasteiger charge is 2.43. The first-order valence-electron chi connectivity index (χ1n) is 21.6. The first kappa shape index (κ1) is 53.4. The van der Waals surface area contributed by atoms with Gasteiger partial charge in [-0.3, -0.25) is 4.79 Å². The van der Waals surface area contributed by atoms with E-state index in [1.165, 1.54) is 44.9 Å². The molecule has 0 saturated carbocycles. The molecule has 9 nitrogen and oxygen atoms in total. The zero-order chi connectivity index (χ0) is 44.7. The van der Waals surface area contributed by atoms with E-state index in [0.29, 0.717) is 6.42 Å².